The molecule has 0 aromatic carbocycles. The molecule has 3 aliphatic carbocycles. The number of carbonyl (C=O) groups excluding carboxylic acids is 7. The molecular formula is C37H59N5O8. The van der Waals surface area contributed by atoms with Gasteiger partial charge in [0.25, 0.3) is 5.91 Å². The van der Waals surface area contributed by atoms with Crippen molar-refractivity contribution in [2.45, 2.75) is 148 Å². The summed E-state index contributed by atoms with van der Waals surface area (Å²) in [7, 11) is 1.22. The minimum atomic E-state index is -0.994. The smallest absolute Gasteiger partial charge is 0.407 e. The van der Waals surface area contributed by atoms with Crippen LogP contribution in [0.15, 0.2) is 0 Å². The van der Waals surface area contributed by atoms with Gasteiger partial charge in [-0.15, -0.1) is 0 Å². The molecule has 0 spiro atoms. The Kier molecular flexibility index (Phi) is 13.5. The van der Waals surface area contributed by atoms with Crippen molar-refractivity contribution in [1.82, 2.24) is 26.2 Å². The van der Waals surface area contributed by atoms with Crippen molar-refractivity contribution in [2.24, 2.45) is 29.1 Å². The third kappa shape index (κ3) is 9.84. The van der Waals surface area contributed by atoms with Crippen LogP contribution in [-0.4, -0.2) is 90.1 Å². The van der Waals surface area contributed by atoms with Crippen LogP contribution in [0, 0.1) is 29.1 Å². The van der Waals surface area contributed by atoms with Gasteiger partial charge in [0.15, 0.2) is 5.78 Å². The summed E-state index contributed by atoms with van der Waals surface area (Å²) in [5, 5.41) is 11.1. The number of rotatable bonds is 15. The Morgan fingerprint density at radius 1 is 0.860 bits per heavy atom. The Bertz CT molecular complexity index is 1290. The van der Waals surface area contributed by atoms with Gasteiger partial charge in [0, 0.05) is 24.9 Å². The fourth-order valence-corrected chi connectivity index (χ4v) is 8.11. The van der Waals surface area contributed by atoms with E-state index in [1.54, 1.807) is 11.8 Å². The number of ketones is 2. The summed E-state index contributed by atoms with van der Waals surface area (Å²) in [6.45, 7) is 9.38. The average molecular weight is 702 g/mol. The maximum atomic E-state index is 14.6. The normalized spacial score (nSPS) is 24.6. The van der Waals surface area contributed by atoms with Crippen molar-refractivity contribution in [1.29, 1.82) is 0 Å². The molecule has 5 amide bonds. The van der Waals surface area contributed by atoms with Crippen LogP contribution in [-0.2, 0) is 33.5 Å². The Morgan fingerprint density at radius 3 is 2.14 bits per heavy atom. The van der Waals surface area contributed by atoms with Crippen molar-refractivity contribution < 1.29 is 38.3 Å². The maximum absolute atomic E-state index is 14.6. The van der Waals surface area contributed by atoms with E-state index in [0.717, 1.165) is 64.2 Å². The summed E-state index contributed by atoms with van der Waals surface area (Å²) in [5.74, 6) is -3.61. The number of fused-ring (bicyclic) bond motifs is 1. The minimum absolute atomic E-state index is 0.00641. The average Bonchev–Trinajstić information content (AvgIpc) is 3.64. The van der Waals surface area contributed by atoms with E-state index in [0.29, 0.717) is 19.4 Å². The number of Topliss-reactive ketones (excluding diaryl/α,β-unsaturated/α-hetero) is 2. The molecule has 1 heterocycles. The highest BCUT2D eigenvalue weighted by Crippen LogP contribution is 2.43. The van der Waals surface area contributed by atoms with Crippen molar-refractivity contribution >= 4 is 41.3 Å². The molecule has 0 bridgehead atoms. The van der Waals surface area contributed by atoms with E-state index in [9.17, 15) is 33.6 Å². The first-order valence-electron chi connectivity index (χ1n) is 18.8. The topological polar surface area (TPSA) is 180 Å². The van der Waals surface area contributed by atoms with E-state index in [1.165, 1.54) is 7.11 Å². The van der Waals surface area contributed by atoms with Gasteiger partial charge in [-0.1, -0.05) is 59.8 Å². The van der Waals surface area contributed by atoms with Crippen molar-refractivity contribution in [3.8, 4) is 0 Å². The summed E-state index contributed by atoms with van der Waals surface area (Å²) in [6, 6.07) is -3.67. The number of nitrogens with one attached hydrogen (secondary N) is 4. The number of nitrogens with zero attached hydrogens (tertiary/aromatic N) is 1. The standard InChI is InChI=1S/C37H59N5O8/c1-7-12-27(30(44)34(47)39-24-17-18-24)40-33(46)29-25-16-11-15-23(25)20-42(29)35(48)31(37(3,4)5)41-32(45)26(22-13-9-8-10-14-22)19-28(43)21(2)38-36(49)50-6/h21-27,29,31H,7-20H2,1-6H3,(H,38,49)(H,39,47)(H,40,46)(H,41,45)/t21-,23+,25+,26+,27+,29+,31-/m1/s1. The van der Waals surface area contributed by atoms with Crippen LogP contribution in [0.3, 0.4) is 0 Å². The predicted molar refractivity (Wildman–Crippen MR) is 185 cm³/mol. The first-order valence-corrected chi connectivity index (χ1v) is 18.8. The molecule has 0 radical (unpaired) electrons. The van der Waals surface area contributed by atoms with Gasteiger partial charge in [-0.05, 0) is 75.0 Å². The number of hydrogen-bond donors (Lipinski definition) is 4. The zero-order chi connectivity index (χ0) is 36.7. The predicted octanol–water partition coefficient (Wildman–Crippen LogP) is 3.18. The van der Waals surface area contributed by atoms with Crippen LogP contribution in [0.2, 0.25) is 0 Å². The fraction of sp³-hybridized carbons (Fsp3) is 0.811. The number of methoxy groups -OCH3 is 1. The maximum Gasteiger partial charge on any atom is 0.407 e. The van der Waals surface area contributed by atoms with Gasteiger partial charge in [0.2, 0.25) is 23.5 Å². The summed E-state index contributed by atoms with van der Waals surface area (Å²) >= 11 is 0. The molecule has 4 aliphatic rings. The van der Waals surface area contributed by atoms with Gasteiger partial charge in [-0.2, -0.15) is 0 Å². The van der Waals surface area contributed by atoms with Gasteiger partial charge < -0.3 is 30.9 Å². The minimum Gasteiger partial charge on any atom is -0.453 e. The van der Waals surface area contributed by atoms with E-state index in [4.69, 9.17) is 0 Å². The molecule has 4 N–H and O–H groups in total. The molecule has 1 saturated heterocycles. The molecule has 7 atom stereocenters. The van der Waals surface area contributed by atoms with E-state index >= 15 is 0 Å². The van der Waals surface area contributed by atoms with Crippen LogP contribution >= 0.6 is 0 Å². The van der Waals surface area contributed by atoms with Gasteiger partial charge in [-0.3, -0.25) is 28.8 Å². The summed E-state index contributed by atoms with van der Waals surface area (Å²) < 4.78 is 4.64. The number of alkyl carbamates (subject to hydrolysis) is 1. The van der Waals surface area contributed by atoms with E-state index in [-0.39, 0.29) is 47.8 Å². The zero-order valence-corrected chi connectivity index (χ0v) is 30.8. The third-order valence-corrected chi connectivity index (χ3v) is 11.2. The van der Waals surface area contributed by atoms with Crippen LogP contribution in [0.5, 0.6) is 0 Å². The van der Waals surface area contributed by atoms with E-state index < -0.39 is 59.2 Å². The summed E-state index contributed by atoms with van der Waals surface area (Å²) in [5.41, 5.74) is -0.742. The van der Waals surface area contributed by atoms with E-state index in [1.807, 2.05) is 27.7 Å². The molecule has 3 saturated carbocycles. The SMILES string of the molecule is CCC[C@H](NC(=O)[C@@H]1[C@H]2CCC[C@H]2CN1C(=O)[C@@H](NC(=O)[C@@H](CC(=O)[C@@H](C)NC(=O)OC)C1CCCCC1)C(C)(C)C)C(=O)C(=O)NC1CC1. The molecule has 13 heteroatoms. The highest BCUT2D eigenvalue weighted by atomic mass is 16.5. The molecule has 0 aromatic rings. The molecule has 13 nitrogen and oxygen atoms in total. The Hall–Kier alpha value is -3.51. The molecule has 4 rings (SSSR count). The third-order valence-electron chi connectivity index (χ3n) is 11.2. The van der Waals surface area contributed by atoms with Gasteiger partial charge in [0.05, 0.1) is 19.2 Å². The van der Waals surface area contributed by atoms with Crippen LogP contribution in [0.1, 0.15) is 118 Å². The molecular weight excluding hydrogens is 642 g/mol. The number of amides is 5. The highest BCUT2D eigenvalue weighted by Gasteiger charge is 2.52. The molecule has 280 valence electrons. The van der Waals surface area contributed by atoms with Gasteiger partial charge >= 0.3 is 6.09 Å². The molecule has 1 aliphatic heterocycles. The lowest BCUT2D eigenvalue weighted by Crippen LogP contribution is -2.60. The summed E-state index contributed by atoms with van der Waals surface area (Å²) in [6.07, 6.45) is 8.79. The van der Waals surface area contributed by atoms with Crippen LogP contribution < -0.4 is 21.3 Å². The first-order chi connectivity index (χ1) is 23.7. The largest absolute Gasteiger partial charge is 0.453 e. The number of ether oxygens (including phenoxy) is 1. The lowest BCUT2D eigenvalue weighted by Gasteiger charge is -2.38. The van der Waals surface area contributed by atoms with Crippen LogP contribution in [0.25, 0.3) is 0 Å². The second-order valence-electron chi connectivity index (χ2n) is 16.1. The number of carbonyl (C=O) groups is 7. The molecule has 0 unspecified atom stereocenters. The van der Waals surface area contributed by atoms with E-state index in [2.05, 4.69) is 26.0 Å². The number of hydrogen-bond acceptors (Lipinski definition) is 8. The second-order valence-corrected chi connectivity index (χ2v) is 16.1. The monoisotopic (exact) mass is 701 g/mol. The Labute approximate surface area is 296 Å². The Morgan fingerprint density at radius 2 is 1.54 bits per heavy atom. The molecule has 0 aromatic heterocycles. The summed E-state index contributed by atoms with van der Waals surface area (Å²) in [4.78, 5) is 95.3. The quantitative estimate of drug-likeness (QED) is 0.188. The number of likely N-dealkylation sites (tertiary alicyclic amines) is 1. The first kappa shape index (κ1) is 39.3. The highest BCUT2D eigenvalue weighted by molar-refractivity contribution is 6.38. The molecule has 50 heavy (non-hydrogen) atoms. The zero-order valence-electron chi connectivity index (χ0n) is 30.8. The van der Waals surface area contributed by atoms with Crippen molar-refractivity contribution in [3.05, 3.63) is 0 Å². The lowest BCUT2D eigenvalue weighted by molar-refractivity contribution is -0.146. The van der Waals surface area contributed by atoms with Gasteiger partial charge in [-0.25, -0.2) is 4.79 Å². The molecule has 4 fully saturated rings. The lowest BCUT2D eigenvalue weighted by atomic mass is 9.76. The fourth-order valence-electron chi connectivity index (χ4n) is 8.11. The van der Waals surface area contributed by atoms with Crippen molar-refractivity contribution in [2.75, 3.05) is 13.7 Å². The van der Waals surface area contributed by atoms with Crippen LogP contribution in [0.4, 0.5) is 4.79 Å². The second kappa shape index (κ2) is 17.1. The van der Waals surface area contributed by atoms with Crippen molar-refractivity contribution in [3.63, 3.8) is 0 Å². The Balaban J connectivity index is 1.55. The van der Waals surface area contributed by atoms with Gasteiger partial charge in [0.1, 0.15) is 12.1 Å².